The molecule has 4 heteroatoms. The molecule has 0 aliphatic carbocycles. The van der Waals surface area contributed by atoms with Crippen LogP contribution >= 0.6 is 0 Å². The topological polar surface area (TPSA) is 65.2 Å². The van der Waals surface area contributed by atoms with Gasteiger partial charge in [0.25, 0.3) is 0 Å². The van der Waals surface area contributed by atoms with Crippen molar-refractivity contribution in [2.75, 3.05) is 12.3 Å². The van der Waals surface area contributed by atoms with Crippen molar-refractivity contribution >= 4 is 22.6 Å². The summed E-state index contributed by atoms with van der Waals surface area (Å²) in [6.07, 6.45) is 1.54. The van der Waals surface area contributed by atoms with Crippen molar-refractivity contribution in [3.05, 3.63) is 60.3 Å². The Labute approximate surface area is 128 Å². The number of carbonyl (C=O) groups excluding carboxylic acids is 1. The molecule has 0 saturated carbocycles. The second-order valence-corrected chi connectivity index (χ2v) is 4.94. The largest absolute Gasteiger partial charge is 0.462 e. The third-order valence-corrected chi connectivity index (χ3v) is 3.46. The second kappa shape index (κ2) is 5.85. The van der Waals surface area contributed by atoms with Crippen LogP contribution in [0.15, 0.2) is 54.7 Å². The van der Waals surface area contributed by atoms with E-state index in [1.165, 1.54) is 6.20 Å². The standard InChI is InChI=1S/C18H16N2O2/c1-2-22-18(21)14-10-13-9-12(7-8-17(13)20-11-14)15-5-3-4-6-16(15)19/h3-11H,2,19H2,1H3. The highest BCUT2D eigenvalue weighted by Gasteiger charge is 2.09. The Morgan fingerprint density at radius 1 is 1.18 bits per heavy atom. The molecular weight excluding hydrogens is 276 g/mol. The molecule has 22 heavy (non-hydrogen) atoms. The number of pyridine rings is 1. The van der Waals surface area contributed by atoms with Crippen LogP contribution in [0.2, 0.25) is 0 Å². The number of fused-ring (bicyclic) bond motifs is 1. The average molecular weight is 292 g/mol. The van der Waals surface area contributed by atoms with E-state index < -0.39 is 0 Å². The summed E-state index contributed by atoms with van der Waals surface area (Å²) in [7, 11) is 0. The number of anilines is 1. The maximum Gasteiger partial charge on any atom is 0.339 e. The lowest BCUT2D eigenvalue weighted by atomic mass is 10.0. The van der Waals surface area contributed by atoms with E-state index in [0.29, 0.717) is 12.2 Å². The molecule has 0 bridgehead atoms. The van der Waals surface area contributed by atoms with Crippen molar-refractivity contribution in [3.8, 4) is 11.1 Å². The number of aromatic nitrogens is 1. The number of nitrogens with zero attached hydrogens (tertiary/aromatic N) is 1. The van der Waals surface area contributed by atoms with E-state index in [0.717, 1.165) is 27.7 Å². The first kappa shape index (κ1) is 14.1. The molecule has 0 atom stereocenters. The summed E-state index contributed by atoms with van der Waals surface area (Å²) in [6, 6.07) is 15.4. The Bertz CT molecular complexity index is 843. The summed E-state index contributed by atoms with van der Waals surface area (Å²) in [5.74, 6) is -0.360. The van der Waals surface area contributed by atoms with Crippen LogP contribution in [-0.4, -0.2) is 17.6 Å². The Morgan fingerprint density at radius 3 is 2.77 bits per heavy atom. The molecule has 0 saturated heterocycles. The highest BCUT2D eigenvalue weighted by Crippen LogP contribution is 2.28. The molecular formula is C18H16N2O2. The van der Waals surface area contributed by atoms with Gasteiger partial charge in [0.1, 0.15) is 0 Å². The van der Waals surface area contributed by atoms with Gasteiger partial charge in [-0.05, 0) is 36.8 Å². The summed E-state index contributed by atoms with van der Waals surface area (Å²) in [6.45, 7) is 2.13. The zero-order chi connectivity index (χ0) is 15.5. The van der Waals surface area contributed by atoms with Gasteiger partial charge in [0.15, 0.2) is 0 Å². The van der Waals surface area contributed by atoms with Gasteiger partial charge >= 0.3 is 5.97 Å². The average Bonchev–Trinajstić information content (AvgIpc) is 2.54. The molecule has 3 rings (SSSR count). The van der Waals surface area contributed by atoms with E-state index in [2.05, 4.69) is 4.98 Å². The monoisotopic (exact) mass is 292 g/mol. The number of ether oxygens (including phenoxy) is 1. The molecule has 0 spiro atoms. The van der Waals surface area contributed by atoms with Gasteiger partial charge in [-0.3, -0.25) is 4.98 Å². The van der Waals surface area contributed by atoms with Crippen LogP contribution in [0.1, 0.15) is 17.3 Å². The highest BCUT2D eigenvalue weighted by atomic mass is 16.5. The fraction of sp³-hybridized carbons (Fsp3) is 0.111. The van der Waals surface area contributed by atoms with E-state index in [1.807, 2.05) is 42.5 Å². The van der Waals surface area contributed by atoms with Gasteiger partial charge in [-0.1, -0.05) is 24.3 Å². The molecule has 2 aromatic carbocycles. The minimum Gasteiger partial charge on any atom is -0.462 e. The van der Waals surface area contributed by atoms with Gasteiger partial charge in [-0.2, -0.15) is 0 Å². The number of nitrogen functional groups attached to an aromatic ring is 1. The summed E-state index contributed by atoms with van der Waals surface area (Å²) >= 11 is 0. The number of esters is 1. The molecule has 0 radical (unpaired) electrons. The summed E-state index contributed by atoms with van der Waals surface area (Å²) in [5, 5.41) is 0.881. The fourth-order valence-electron chi connectivity index (χ4n) is 2.39. The van der Waals surface area contributed by atoms with Crippen molar-refractivity contribution < 1.29 is 9.53 Å². The summed E-state index contributed by atoms with van der Waals surface area (Å²) < 4.78 is 5.01. The smallest absolute Gasteiger partial charge is 0.339 e. The lowest BCUT2D eigenvalue weighted by Gasteiger charge is -2.08. The van der Waals surface area contributed by atoms with Gasteiger partial charge < -0.3 is 10.5 Å². The van der Waals surface area contributed by atoms with Crippen LogP contribution < -0.4 is 5.73 Å². The van der Waals surface area contributed by atoms with Gasteiger partial charge in [0.2, 0.25) is 0 Å². The van der Waals surface area contributed by atoms with Crippen molar-refractivity contribution in [3.63, 3.8) is 0 Å². The maximum absolute atomic E-state index is 11.8. The molecule has 0 fully saturated rings. The van der Waals surface area contributed by atoms with Gasteiger partial charge in [-0.15, -0.1) is 0 Å². The van der Waals surface area contributed by atoms with Gasteiger partial charge in [0, 0.05) is 22.8 Å². The first-order valence-electron chi connectivity index (χ1n) is 7.11. The molecule has 0 aliphatic heterocycles. The number of nitrogens with two attached hydrogens (primary N) is 1. The molecule has 0 unspecified atom stereocenters. The van der Waals surface area contributed by atoms with E-state index in [9.17, 15) is 4.79 Å². The van der Waals surface area contributed by atoms with Crippen molar-refractivity contribution in [1.29, 1.82) is 0 Å². The predicted molar refractivity (Wildman–Crippen MR) is 87.5 cm³/mol. The summed E-state index contributed by atoms with van der Waals surface area (Å²) in [5.41, 5.74) is 9.98. The number of para-hydroxylation sites is 1. The normalized spacial score (nSPS) is 10.6. The Morgan fingerprint density at radius 2 is 2.00 bits per heavy atom. The molecule has 110 valence electrons. The number of benzene rings is 2. The van der Waals surface area contributed by atoms with E-state index in [-0.39, 0.29) is 5.97 Å². The van der Waals surface area contributed by atoms with Crippen molar-refractivity contribution in [2.45, 2.75) is 6.92 Å². The maximum atomic E-state index is 11.8. The lowest BCUT2D eigenvalue weighted by molar-refractivity contribution is 0.0526. The second-order valence-electron chi connectivity index (χ2n) is 4.94. The number of rotatable bonds is 3. The quantitative estimate of drug-likeness (QED) is 0.591. The first-order valence-corrected chi connectivity index (χ1v) is 7.11. The minimum absolute atomic E-state index is 0.345. The third-order valence-electron chi connectivity index (χ3n) is 3.46. The van der Waals surface area contributed by atoms with Crippen LogP contribution in [0, 0.1) is 0 Å². The zero-order valence-corrected chi connectivity index (χ0v) is 12.2. The SMILES string of the molecule is CCOC(=O)c1cnc2ccc(-c3ccccc3N)cc2c1. The molecule has 1 aromatic heterocycles. The van der Waals surface area contributed by atoms with Crippen LogP contribution in [0.4, 0.5) is 5.69 Å². The van der Waals surface area contributed by atoms with Crippen LogP contribution in [0.3, 0.4) is 0 Å². The fourth-order valence-corrected chi connectivity index (χ4v) is 2.39. The van der Waals surface area contributed by atoms with Gasteiger partial charge in [0.05, 0.1) is 17.7 Å². The molecule has 2 N–H and O–H groups in total. The van der Waals surface area contributed by atoms with E-state index >= 15 is 0 Å². The predicted octanol–water partition coefficient (Wildman–Crippen LogP) is 3.66. The van der Waals surface area contributed by atoms with Gasteiger partial charge in [-0.25, -0.2) is 4.79 Å². The van der Waals surface area contributed by atoms with Crippen molar-refractivity contribution in [2.24, 2.45) is 0 Å². The minimum atomic E-state index is -0.360. The Kier molecular flexibility index (Phi) is 3.74. The summed E-state index contributed by atoms with van der Waals surface area (Å²) in [4.78, 5) is 16.1. The van der Waals surface area contributed by atoms with Crippen LogP contribution in [0.5, 0.6) is 0 Å². The number of carbonyl (C=O) groups is 1. The Balaban J connectivity index is 2.08. The molecule has 0 amide bonds. The van der Waals surface area contributed by atoms with Crippen LogP contribution in [0.25, 0.3) is 22.0 Å². The number of hydrogen-bond donors (Lipinski definition) is 1. The third kappa shape index (κ3) is 2.63. The number of hydrogen-bond acceptors (Lipinski definition) is 4. The molecule has 3 aromatic rings. The highest BCUT2D eigenvalue weighted by molar-refractivity contribution is 5.95. The molecule has 4 nitrogen and oxygen atoms in total. The Hall–Kier alpha value is -2.88. The van der Waals surface area contributed by atoms with Crippen LogP contribution in [-0.2, 0) is 4.74 Å². The first-order chi connectivity index (χ1) is 10.7. The zero-order valence-electron chi connectivity index (χ0n) is 12.2. The van der Waals surface area contributed by atoms with E-state index in [1.54, 1.807) is 13.0 Å². The molecule has 1 heterocycles. The molecule has 0 aliphatic rings. The van der Waals surface area contributed by atoms with E-state index in [4.69, 9.17) is 10.5 Å². The van der Waals surface area contributed by atoms with Crippen molar-refractivity contribution in [1.82, 2.24) is 4.98 Å². The lowest BCUT2D eigenvalue weighted by Crippen LogP contribution is -2.04.